The second-order valence-corrected chi connectivity index (χ2v) is 13.3. The third-order valence-corrected chi connectivity index (χ3v) is 10.4. The number of nitrogens with one attached hydrogen (secondary N) is 1. The summed E-state index contributed by atoms with van der Waals surface area (Å²) < 4.78 is 38.5. The van der Waals surface area contributed by atoms with E-state index in [9.17, 15) is 19.5 Å². The first-order valence-corrected chi connectivity index (χ1v) is 16.7. The summed E-state index contributed by atoms with van der Waals surface area (Å²) in [7, 11) is 3.33. The third kappa shape index (κ3) is 7.37. The number of ether oxygens (including phenoxy) is 3. The van der Waals surface area contributed by atoms with Gasteiger partial charge in [0.25, 0.3) is 5.91 Å². The maximum atomic E-state index is 15.5. The SMILES string of the molecule is COC1CN([C@H]2C[C@@H](COC3CCC(C(=O)O)CC3)N(C(=O)Cc3cc(Cl)c(NC(=O)c4coc5ccccc45)cc3F)C2)C[C@@H]1OC. The van der Waals surface area contributed by atoms with Gasteiger partial charge in [0, 0.05) is 45.3 Å². The summed E-state index contributed by atoms with van der Waals surface area (Å²) in [5, 5.41) is 12.7. The highest BCUT2D eigenvalue weighted by atomic mass is 35.5. The molecule has 1 aliphatic carbocycles. The molecule has 48 heavy (non-hydrogen) atoms. The molecule has 11 nitrogen and oxygen atoms in total. The van der Waals surface area contributed by atoms with Crippen molar-refractivity contribution < 1.29 is 42.5 Å². The van der Waals surface area contributed by atoms with E-state index in [2.05, 4.69) is 10.2 Å². The van der Waals surface area contributed by atoms with E-state index in [-0.39, 0.29) is 64.9 Å². The smallest absolute Gasteiger partial charge is 0.306 e. The van der Waals surface area contributed by atoms with Crippen LogP contribution in [0.15, 0.2) is 47.1 Å². The number of likely N-dealkylation sites (tertiary alicyclic amines) is 2. The van der Waals surface area contributed by atoms with Gasteiger partial charge in [0.2, 0.25) is 5.91 Å². The number of fused-ring (bicyclic) bond motifs is 1. The predicted molar refractivity (Wildman–Crippen MR) is 176 cm³/mol. The maximum Gasteiger partial charge on any atom is 0.306 e. The van der Waals surface area contributed by atoms with Crippen LogP contribution < -0.4 is 5.32 Å². The molecule has 3 aromatic rings. The first-order chi connectivity index (χ1) is 23.1. The number of halogens is 2. The number of rotatable bonds is 11. The fourth-order valence-corrected chi connectivity index (χ4v) is 7.53. The maximum absolute atomic E-state index is 15.5. The monoisotopic (exact) mass is 685 g/mol. The first-order valence-electron chi connectivity index (χ1n) is 16.3. The van der Waals surface area contributed by atoms with Crippen molar-refractivity contribution in [2.24, 2.45) is 5.92 Å². The molecule has 1 unspecified atom stereocenters. The molecular weight excluding hydrogens is 645 g/mol. The lowest BCUT2D eigenvalue weighted by Gasteiger charge is -2.30. The first kappa shape index (κ1) is 34.3. The Hall–Kier alpha value is -3.55. The molecule has 0 spiro atoms. The van der Waals surface area contributed by atoms with E-state index in [4.69, 9.17) is 30.2 Å². The number of para-hydroxylation sites is 1. The van der Waals surface area contributed by atoms with Crippen LogP contribution in [0, 0.1) is 11.7 Å². The van der Waals surface area contributed by atoms with Crippen LogP contribution in [0.1, 0.15) is 48.0 Å². The molecule has 2 amide bonds. The number of carboxylic acid groups (broad SMARTS) is 1. The Bertz CT molecular complexity index is 1630. The number of benzene rings is 2. The number of carbonyl (C=O) groups is 3. The fourth-order valence-electron chi connectivity index (χ4n) is 7.29. The molecule has 6 rings (SSSR count). The molecule has 2 N–H and O–H groups in total. The standard InChI is InChI=1S/C35H41ClFN3O8/c1-45-31-16-39(17-32(31)46-2)22-13-23(18-47-24-9-7-20(8-10-24)35(43)44)40(15-22)33(41)12-21-11-27(36)29(14-28(21)37)38-34(42)26-19-48-30-6-4-3-5-25(26)30/h3-6,11,14,19-20,22-24,31-32H,7-10,12-13,15-18H2,1-2H3,(H,38,42)(H,43,44)/t20?,22-,23-,24?,31-,32?/m0/s1. The number of nitrogens with zero attached hydrogens (tertiary/aromatic N) is 2. The number of furan rings is 1. The van der Waals surface area contributed by atoms with Gasteiger partial charge in [-0.1, -0.05) is 29.8 Å². The highest BCUT2D eigenvalue weighted by Crippen LogP contribution is 2.32. The quantitative estimate of drug-likeness (QED) is 0.287. The van der Waals surface area contributed by atoms with Gasteiger partial charge in [-0.3, -0.25) is 19.3 Å². The Kier molecular flexibility index (Phi) is 10.7. The summed E-state index contributed by atoms with van der Waals surface area (Å²) in [5.41, 5.74) is 1.04. The molecule has 3 heterocycles. The molecule has 2 aliphatic heterocycles. The molecule has 4 atom stereocenters. The van der Waals surface area contributed by atoms with Gasteiger partial charge in [-0.2, -0.15) is 0 Å². The number of carboxylic acids is 1. The molecule has 13 heteroatoms. The number of anilines is 1. The van der Waals surface area contributed by atoms with Gasteiger partial charge in [0.05, 0.1) is 59.6 Å². The Morgan fingerprint density at radius 2 is 1.75 bits per heavy atom. The van der Waals surface area contributed by atoms with E-state index in [1.165, 1.54) is 12.3 Å². The van der Waals surface area contributed by atoms with E-state index in [0.29, 0.717) is 74.9 Å². The van der Waals surface area contributed by atoms with Crippen LogP contribution in [0.5, 0.6) is 0 Å². The molecule has 2 saturated heterocycles. The van der Waals surface area contributed by atoms with Crippen LogP contribution >= 0.6 is 11.6 Å². The Morgan fingerprint density at radius 1 is 1.04 bits per heavy atom. The summed E-state index contributed by atoms with van der Waals surface area (Å²) in [6.45, 7) is 2.07. The van der Waals surface area contributed by atoms with Gasteiger partial charge < -0.3 is 34.0 Å². The Labute approximate surface area is 283 Å². The summed E-state index contributed by atoms with van der Waals surface area (Å²) in [5.74, 6) is -2.54. The highest BCUT2D eigenvalue weighted by molar-refractivity contribution is 6.34. The average molecular weight is 686 g/mol. The number of hydrogen-bond donors (Lipinski definition) is 2. The largest absolute Gasteiger partial charge is 0.481 e. The lowest BCUT2D eigenvalue weighted by molar-refractivity contribution is -0.144. The summed E-state index contributed by atoms with van der Waals surface area (Å²) >= 11 is 6.51. The number of amides is 2. The molecule has 0 radical (unpaired) electrons. The van der Waals surface area contributed by atoms with Crippen LogP contribution in [-0.2, 0) is 30.2 Å². The van der Waals surface area contributed by atoms with Gasteiger partial charge >= 0.3 is 5.97 Å². The molecule has 3 aliphatic rings. The number of methoxy groups -OCH3 is 2. The number of carbonyl (C=O) groups excluding carboxylic acids is 2. The topological polar surface area (TPSA) is 131 Å². The lowest BCUT2D eigenvalue weighted by atomic mass is 9.87. The van der Waals surface area contributed by atoms with Crippen LogP contribution in [0.2, 0.25) is 5.02 Å². The number of hydrogen-bond acceptors (Lipinski definition) is 8. The van der Waals surface area contributed by atoms with E-state index in [0.717, 1.165) is 6.07 Å². The molecule has 1 saturated carbocycles. The van der Waals surface area contributed by atoms with Crippen molar-refractivity contribution >= 4 is 46.0 Å². The van der Waals surface area contributed by atoms with Crippen molar-refractivity contribution in [3.63, 3.8) is 0 Å². The molecule has 2 aromatic carbocycles. The second kappa shape index (κ2) is 14.9. The van der Waals surface area contributed by atoms with Gasteiger partial charge in [0.15, 0.2) is 0 Å². The zero-order valence-electron chi connectivity index (χ0n) is 27.0. The van der Waals surface area contributed by atoms with Crippen LogP contribution in [-0.4, -0.2) is 104 Å². The van der Waals surface area contributed by atoms with Crippen LogP contribution in [0.3, 0.4) is 0 Å². The van der Waals surface area contributed by atoms with Crippen LogP contribution in [0.25, 0.3) is 11.0 Å². The molecular formula is C35H41ClFN3O8. The van der Waals surface area contributed by atoms with Gasteiger partial charge in [-0.05, 0) is 55.9 Å². The molecule has 0 bridgehead atoms. The Balaban J connectivity index is 1.14. The van der Waals surface area contributed by atoms with E-state index in [1.54, 1.807) is 43.4 Å². The predicted octanol–water partition coefficient (Wildman–Crippen LogP) is 5.00. The van der Waals surface area contributed by atoms with Crippen molar-refractivity contribution in [3.8, 4) is 0 Å². The van der Waals surface area contributed by atoms with Crippen molar-refractivity contribution in [3.05, 3.63) is 64.6 Å². The van der Waals surface area contributed by atoms with Gasteiger partial charge in [-0.15, -0.1) is 0 Å². The average Bonchev–Trinajstić information content (AvgIpc) is 3.83. The van der Waals surface area contributed by atoms with E-state index < -0.39 is 17.7 Å². The minimum Gasteiger partial charge on any atom is -0.481 e. The van der Waals surface area contributed by atoms with Crippen molar-refractivity contribution in [2.45, 2.75) is 68.9 Å². The van der Waals surface area contributed by atoms with E-state index >= 15 is 4.39 Å². The summed E-state index contributed by atoms with van der Waals surface area (Å²) in [6, 6.07) is 9.38. The second-order valence-electron chi connectivity index (χ2n) is 12.9. The lowest BCUT2D eigenvalue weighted by Crippen LogP contribution is -2.41. The minimum atomic E-state index is -0.771. The van der Waals surface area contributed by atoms with Crippen molar-refractivity contribution in [1.29, 1.82) is 0 Å². The molecule has 3 fully saturated rings. The van der Waals surface area contributed by atoms with Crippen molar-refractivity contribution in [2.75, 3.05) is 45.8 Å². The zero-order chi connectivity index (χ0) is 33.9. The normalized spacial score (nSPS) is 26.3. The fraction of sp³-hybridized carbons (Fsp3) is 0.514. The Morgan fingerprint density at radius 3 is 2.44 bits per heavy atom. The highest BCUT2D eigenvalue weighted by Gasteiger charge is 2.43. The van der Waals surface area contributed by atoms with Crippen LogP contribution in [0.4, 0.5) is 10.1 Å². The third-order valence-electron chi connectivity index (χ3n) is 10.1. The molecule has 258 valence electrons. The summed E-state index contributed by atoms with van der Waals surface area (Å²) in [4.78, 5) is 42.3. The zero-order valence-corrected chi connectivity index (χ0v) is 27.8. The molecule has 1 aromatic heterocycles. The van der Waals surface area contributed by atoms with Gasteiger partial charge in [0.1, 0.15) is 17.7 Å². The van der Waals surface area contributed by atoms with E-state index in [1.807, 2.05) is 0 Å². The summed E-state index contributed by atoms with van der Waals surface area (Å²) in [6.07, 6.45) is 3.99. The van der Waals surface area contributed by atoms with Gasteiger partial charge in [-0.25, -0.2) is 4.39 Å². The number of aliphatic carboxylic acids is 1. The van der Waals surface area contributed by atoms with Crippen molar-refractivity contribution in [1.82, 2.24) is 9.80 Å². The minimum absolute atomic E-state index is 0.0353.